The second kappa shape index (κ2) is 7.77. The molecule has 1 N–H and O–H groups in total. The second-order valence-electron chi connectivity index (χ2n) is 5.66. The van der Waals surface area contributed by atoms with E-state index >= 15 is 0 Å². The highest BCUT2D eigenvalue weighted by Gasteiger charge is 2.20. The Morgan fingerprint density at radius 1 is 1.15 bits per heavy atom. The summed E-state index contributed by atoms with van der Waals surface area (Å²) >= 11 is 0. The van der Waals surface area contributed by atoms with Crippen molar-refractivity contribution in [1.82, 2.24) is 9.78 Å². The highest BCUT2D eigenvalue weighted by Crippen LogP contribution is 2.16. The van der Waals surface area contributed by atoms with Crippen LogP contribution in [0.5, 0.6) is 0 Å². The SMILES string of the molecule is C[C@H](OC(=O)c1ccc(-n2cccn2)cc1)C(=O)Nc1cc(F)ccc1F. The molecule has 0 saturated carbocycles. The van der Waals surface area contributed by atoms with Crippen LogP contribution in [0.4, 0.5) is 14.5 Å². The Morgan fingerprint density at radius 3 is 2.56 bits per heavy atom. The van der Waals surface area contributed by atoms with Crippen molar-refractivity contribution in [2.45, 2.75) is 13.0 Å². The van der Waals surface area contributed by atoms with E-state index in [-0.39, 0.29) is 11.3 Å². The van der Waals surface area contributed by atoms with E-state index in [9.17, 15) is 18.4 Å². The minimum absolute atomic E-state index is 0.238. The molecule has 0 aliphatic heterocycles. The molecule has 0 spiro atoms. The van der Waals surface area contributed by atoms with E-state index in [1.165, 1.54) is 19.1 Å². The fourth-order valence-electron chi connectivity index (χ4n) is 2.28. The molecule has 3 rings (SSSR count). The van der Waals surface area contributed by atoms with Crippen LogP contribution in [-0.2, 0) is 9.53 Å². The van der Waals surface area contributed by atoms with Gasteiger partial charge in [-0.2, -0.15) is 5.10 Å². The third kappa shape index (κ3) is 4.35. The van der Waals surface area contributed by atoms with Crippen LogP contribution >= 0.6 is 0 Å². The van der Waals surface area contributed by atoms with Gasteiger partial charge >= 0.3 is 5.97 Å². The predicted octanol–water partition coefficient (Wildman–Crippen LogP) is 3.33. The topological polar surface area (TPSA) is 73.2 Å². The maximum absolute atomic E-state index is 13.6. The van der Waals surface area contributed by atoms with Crippen LogP contribution in [0.15, 0.2) is 60.9 Å². The van der Waals surface area contributed by atoms with Gasteiger partial charge in [-0.25, -0.2) is 18.3 Å². The molecule has 3 aromatic rings. The van der Waals surface area contributed by atoms with Gasteiger partial charge in [-0.3, -0.25) is 4.79 Å². The van der Waals surface area contributed by atoms with Gasteiger partial charge in [-0.1, -0.05) is 0 Å². The van der Waals surface area contributed by atoms with Gasteiger partial charge in [0, 0.05) is 18.5 Å². The number of nitrogens with one attached hydrogen (secondary N) is 1. The van der Waals surface area contributed by atoms with Crippen molar-refractivity contribution in [3.63, 3.8) is 0 Å². The average molecular weight is 371 g/mol. The van der Waals surface area contributed by atoms with E-state index in [0.29, 0.717) is 0 Å². The van der Waals surface area contributed by atoms with E-state index in [2.05, 4.69) is 10.4 Å². The quantitative estimate of drug-likeness (QED) is 0.698. The molecule has 0 radical (unpaired) electrons. The van der Waals surface area contributed by atoms with Crippen LogP contribution in [-0.4, -0.2) is 27.8 Å². The summed E-state index contributed by atoms with van der Waals surface area (Å²) < 4.78 is 33.4. The molecule has 2 aromatic carbocycles. The number of amides is 1. The first-order valence-electron chi connectivity index (χ1n) is 8.01. The molecule has 0 aliphatic carbocycles. The molecule has 1 atom stereocenters. The molecular weight excluding hydrogens is 356 g/mol. The van der Waals surface area contributed by atoms with E-state index in [1.54, 1.807) is 35.3 Å². The summed E-state index contributed by atoms with van der Waals surface area (Å²) in [7, 11) is 0. The number of carbonyl (C=O) groups excluding carboxylic acids is 2. The standard InChI is InChI=1S/C19H15F2N3O3/c1-12(18(25)23-17-11-14(20)5-8-16(17)21)27-19(26)13-3-6-15(7-4-13)24-10-2-9-22-24/h2-12H,1H3,(H,23,25)/t12-/m0/s1. The van der Waals surface area contributed by atoms with Gasteiger partial charge in [-0.05, 0) is 49.4 Å². The van der Waals surface area contributed by atoms with Gasteiger partial charge in [0.1, 0.15) is 11.6 Å². The smallest absolute Gasteiger partial charge is 0.338 e. The molecule has 0 saturated heterocycles. The molecule has 0 aliphatic rings. The summed E-state index contributed by atoms with van der Waals surface area (Å²) in [5.74, 6) is -2.99. The lowest BCUT2D eigenvalue weighted by Crippen LogP contribution is -2.30. The summed E-state index contributed by atoms with van der Waals surface area (Å²) in [4.78, 5) is 24.2. The monoisotopic (exact) mass is 371 g/mol. The number of ether oxygens (including phenoxy) is 1. The van der Waals surface area contributed by atoms with E-state index in [0.717, 1.165) is 23.9 Å². The predicted molar refractivity (Wildman–Crippen MR) is 93.4 cm³/mol. The van der Waals surface area contributed by atoms with Crippen LogP contribution in [0, 0.1) is 11.6 Å². The fraction of sp³-hybridized carbons (Fsp3) is 0.105. The molecule has 0 fully saturated rings. The third-order valence-corrected chi connectivity index (χ3v) is 3.71. The summed E-state index contributed by atoms with van der Waals surface area (Å²) in [5, 5.41) is 6.27. The van der Waals surface area contributed by atoms with Crippen LogP contribution in [0.25, 0.3) is 5.69 Å². The zero-order valence-corrected chi connectivity index (χ0v) is 14.2. The molecule has 27 heavy (non-hydrogen) atoms. The molecule has 8 heteroatoms. The number of esters is 1. The molecule has 1 aromatic heterocycles. The number of nitrogens with zero attached hydrogens (tertiary/aromatic N) is 2. The number of anilines is 1. The molecule has 6 nitrogen and oxygen atoms in total. The number of hydrogen-bond acceptors (Lipinski definition) is 4. The maximum Gasteiger partial charge on any atom is 0.338 e. The Kier molecular flexibility index (Phi) is 5.25. The van der Waals surface area contributed by atoms with Gasteiger partial charge in [0.05, 0.1) is 16.9 Å². The number of halogens is 2. The Bertz CT molecular complexity index is 957. The largest absolute Gasteiger partial charge is 0.449 e. The minimum atomic E-state index is -1.20. The van der Waals surface area contributed by atoms with E-state index in [4.69, 9.17) is 4.74 Å². The summed E-state index contributed by atoms with van der Waals surface area (Å²) in [5.41, 5.74) is 0.665. The Hall–Kier alpha value is -3.55. The van der Waals surface area contributed by atoms with Crippen LogP contribution < -0.4 is 5.32 Å². The number of rotatable bonds is 5. The zero-order chi connectivity index (χ0) is 19.4. The molecule has 1 amide bonds. The molecular formula is C19H15F2N3O3. The lowest BCUT2D eigenvalue weighted by atomic mass is 10.2. The molecule has 0 bridgehead atoms. The van der Waals surface area contributed by atoms with Crippen molar-refractivity contribution in [2.75, 3.05) is 5.32 Å². The van der Waals surface area contributed by atoms with Crippen molar-refractivity contribution in [3.05, 3.63) is 78.1 Å². The number of hydrogen-bond donors (Lipinski definition) is 1. The lowest BCUT2D eigenvalue weighted by Gasteiger charge is -2.14. The van der Waals surface area contributed by atoms with Crippen LogP contribution in [0.1, 0.15) is 17.3 Å². The summed E-state index contributed by atoms with van der Waals surface area (Å²) in [6.07, 6.45) is 2.18. The van der Waals surface area contributed by atoms with Crippen molar-refractivity contribution in [2.24, 2.45) is 0 Å². The highest BCUT2D eigenvalue weighted by molar-refractivity contribution is 5.97. The van der Waals surface area contributed by atoms with Crippen molar-refractivity contribution in [3.8, 4) is 5.69 Å². The Labute approximate surface area is 153 Å². The fourth-order valence-corrected chi connectivity index (χ4v) is 2.28. The van der Waals surface area contributed by atoms with Gasteiger partial charge in [0.15, 0.2) is 6.10 Å². The molecule has 0 unspecified atom stereocenters. The first kappa shape index (κ1) is 18.2. The van der Waals surface area contributed by atoms with Crippen molar-refractivity contribution < 1.29 is 23.1 Å². The van der Waals surface area contributed by atoms with Gasteiger partial charge < -0.3 is 10.1 Å². The zero-order valence-electron chi connectivity index (χ0n) is 14.2. The number of benzene rings is 2. The summed E-state index contributed by atoms with van der Waals surface area (Å²) in [6, 6.07) is 10.9. The van der Waals surface area contributed by atoms with Crippen molar-refractivity contribution >= 4 is 17.6 Å². The third-order valence-electron chi connectivity index (χ3n) is 3.71. The Morgan fingerprint density at radius 2 is 1.89 bits per heavy atom. The van der Waals surface area contributed by atoms with Crippen LogP contribution in [0.2, 0.25) is 0 Å². The minimum Gasteiger partial charge on any atom is -0.449 e. The Balaban J connectivity index is 1.63. The van der Waals surface area contributed by atoms with E-state index in [1.807, 2.05) is 0 Å². The van der Waals surface area contributed by atoms with Crippen LogP contribution in [0.3, 0.4) is 0 Å². The molecule has 138 valence electrons. The van der Waals surface area contributed by atoms with Gasteiger partial charge in [-0.15, -0.1) is 0 Å². The highest BCUT2D eigenvalue weighted by atomic mass is 19.1. The first-order valence-corrected chi connectivity index (χ1v) is 8.01. The molecule has 1 heterocycles. The van der Waals surface area contributed by atoms with Gasteiger partial charge in [0.25, 0.3) is 5.91 Å². The van der Waals surface area contributed by atoms with E-state index < -0.39 is 29.6 Å². The van der Waals surface area contributed by atoms with Gasteiger partial charge in [0.2, 0.25) is 0 Å². The average Bonchev–Trinajstić information content (AvgIpc) is 3.19. The lowest BCUT2D eigenvalue weighted by molar-refractivity contribution is -0.123. The summed E-state index contributed by atoms with van der Waals surface area (Å²) in [6.45, 7) is 1.34. The normalized spacial score (nSPS) is 11.7. The number of carbonyl (C=O) groups is 2. The maximum atomic E-state index is 13.6. The van der Waals surface area contributed by atoms with Crippen molar-refractivity contribution in [1.29, 1.82) is 0 Å². The second-order valence-corrected chi connectivity index (χ2v) is 5.66. The number of aromatic nitrogens is 2. The first-order chi connectivity index (χ1) is 12.9.